The Morgan fingerprint density at radius 3 is 2.64 bits per heavy atom. The number of nitrogens with one attached hydrogen (secondary N) is 1. The van der Waals surface area contributed by atoms with Gasteiger partial charge in [0.25, 0.3) is 5.91 Å². The van der Waals surface area contributed by atoms with Gasteiger partial charge in [0.2, 0.25) is 0 Å². The van der Waals surface area contributed by atoms with E-state index in [1.54, 1.807) is 12.1 Å². The Labute approximate surface area is 145 Å². The Kier molecular flexibility index (Phi) is 6.20. The molecule has 4 nitrogen and oxygen atoms in total. The highest BCUT2D eigenvalue weighted by Gasteiger charge is 2.19. The summed E-state index contributed by atoms with van der Waals surface area (Å²) in [6.07, 6.45) is 3.47. The summed E-state index contributed by atoms with van der Waals surface area (Å²) >= 11 is 8.75. The molecule has 1 aromatic carbocycles. The van der Waals surface area contributed by atoms with Crippen LogP contribution in [0.4, 0.5) is 0 Å². The van der Waals surface area contributed by atoms with E-state index in [2.05, 4.69) is 26.1 Å². The second-order valence-corrected chi connectivity index (χ2v) is 6.92. The highest BCUT2D eigenvalue weighted by Crippen LogP contribution is 2.24. The first kappa shape index (κ1) is 17.2. The molecule has 1 fully saturated rings. The number of ether oxygens (including phenoxy) is 1. The van der Waals surface area contributed by atoms with E-state index in [1.165, 1.54) is 6.42 Å². The van der Waals surface area contributed by atoms with Crippen molar-refractivity contribution < 1.29 is 9.53 Å². The highest BCUT2D eigenvalue weighted by molar-refractivity contribution is 9.10. The molecule has 0 unspecified atom stereocenters. The molecule has 1 aliphatic heterocycles. The minimum atomic E-state index is -0.229. The SMILES string of the molecule is CC(C)Oc1ccc(Br)cc1C(=O)NC(=S)N1CCCCC1. The zero-order chi connectivity index (χ0) is 16.1. The molecule has 6 heteroatoms. The predicted octanol–water partition coefficient (Wildman–Crippen LogP) is 3.74. The summed E-state index contributed by atoms with van der Waals surface area (Å²) in [5.74, 6) is 0.338. The molecule has 2 rings (SSSR count). The van der Waals surface area contributed by atoms with Crippen LogP contribution in [0.3, 0.4) is 0 Å². The summed E-state index contributed by atoms with van der Waals surface area (Å²) in [4.78, 5) is 14.6. The molecule has 0 aromatic heterocycles. The average molecular weight is 385 g/mol. The smallest absolute Gasteiger partial charge is 0.261 e. The lowest BCUT2D eigenvalue weighted by molar-refractivity contribution is 0.0966. The molecule has 1 aliphatic rings. The summed E-state index contributed by atoms with van der Waals surface area (Å²) in [6, 6.07) is 5.41. The molecular weight excluding hydrogens is 364 g/mol. The molecule has 1 N–H and O–H groups in total. The van der Waals surface area contributed by atoms with Crippen molar-refractivity contribution in [2.24, 2.45) is 0 Å². The first-order valence-electron chi connectivity index (χ1n) is 7.54. The van der Waals surface area contributed by atoms with Crippen molar-refractivity contribution >= 4 is 39.2 Å². The number of thiocarbonyl (C=S) groups is 1. The van der Waals surface area contributed by atoms with Crippen molar-refractivity contribution in [1.82, 2.24) is 10.2 Å². The van der Waals surface area contributed by atoms with Crippen LogP contribution in [0.15, 0.2) is 22.7 Å². The van der Waals surface area contributed by atoms with E-state index in [4.69, 9.17) is 17.0 Å². The van der Waals surface area contributed by atoms with Gasteiger partial charge in [0.05, 0.1) is 11.7 Å². The predicted molar refractivity (Wildman–Crippen MR) is 95.4 cm³/mol. The quantitative estimate of drug-likeness (QED) is 0.805. The molecule has 1 saturated heterocycles. The number of hydrogen-bond donors (Lipinski definition) is 1. The molecule has 0 atom stereocenters. The number of hydrogen-bond acceptors (Lipinski definition) is 3. The number of likely N-dealkylation sites (tertiary alicyclic amines) is 1. The molecule has 0 bridgehead atoms. The van der Waals surface area contributed by atoms with E-state index in [0.717, 1.165) is 30.4 Å². The van der Waals surface area contributed by atoms with Crippen LogP contribution in [0.5, 0.6) is 5.75 Å². The molecule has 1 heterocycles. The number of amides is 1. The van der Waals surface area contributed by atoms with Gasteiger partial charge in [0.1, 0.15) is 5.75 Å². The van der Waals surface area contributed by atoms with Gasteiger partial charge in [-0.05, 0) is 63.5 Å². The van der Waals surface area contributed by atoms with Gasteiger partial charge in [-0.25, -0.2) is 0 Å². The first-order valence-corrected chi connectivity index (χ1v) is 8.74. The lowest BCUT2D eigenvalue weighted by Gasteiger charge is -2.29. The van der Waals surface area contributed by atoms with E-state index in [0.29, 0.717) is 16.4 Å². The fraction of sp³-hybridized carbons (Fsp3) is 0.500. The van der Waals surface area contributed by atoms with E-state index in [9.17, 15) is 4.79 Å². The summed E-state index contributed by atoms with van der Waals surface area (Å²) < 4.78 is 6.54. The van der Waals surface area contributed by atoms with Gasteiger partial charge in [0.15, 0.2) is 5.11 Å². The number of nitrogens with zero attached hydrogens (tertiary/aromatic N) is 1. The van der Waals surface area contributed by atoms with Crippen LogP contribution >= 0.6 is 28.1 Å². The number of rotatable bonds is 3. The van der Waals surface area contributed by atoms with Crippen LogP contribution in [-0.2, 0) is 0 Å². The van der Waals surface area contributed by atoms with Crippen molar-refractivity contribution in [3.8, 4) is 5.75 Å². The van der Waals surface area contributed by atoms with Gasteiger partial charge >= 0.3 is 0 Å². The van der Waals surface area contributed by atoms with E-state index in [1.807, 2.05) is 19.9 Å². The molecule has 22 heavy (non-hydrogen) atoms. The van der Waals surface area contributed by atoms with E-state index < -0.39 is 0 Å². The van der Waals surface area contributed by atoms with Gasteiger partial charge in [0, 0.05) is 17.6 Å². The number of carbonyl (C=O) groups is 1. The van der Waals surface area contributed by atoms with Crippen LogP contribution in [-0.4, -0.2) is 35.1 Å². The number of benzene rings is 1. The zero-order valence-corrected chi connectivity index (χ0v) is 15.3. The summed E-state index contributed by atoms with van der Waals surface area (Å²) in [5, 5.41) is 3.32. The molecule has 120 valence electrons. The lowest BCUT2D eigenvalue weighted by Crippen LogP contribution is -2.45. The minimum Gasteiger partial charge on any atom is -0.490 e. The molecule has 1 amide bonds. The van der Waals surface area contributed by atoms with Crippen molar-refractivity contribution in [3.63, 3.8) is 0 Å². The fourth-order valence-corrected chi connectivity index (χ4v) is 3.01. The summed E-state index contributed by atoms with van der Waals surface area (Å²) in [6.45, 7) is 5.68. The molecule has 1 aromatic rings. The van der Waals surface area contributed by atoms with E-state index in [-0.39, 0.29) is 12.0 Å². The van der Waals surface area contributed by atoms with Crippen LogP contribution < -0.4 is 10.1 Å². The zero-order valence-electron chi connectivity index (χ0n) is 12.9. The van der Waals surface area contributed by atoms with Crippen molar-refractivity contribution in [2.45, 2.75) is 39.2 Å². The van der Waals surface area contributed by atoms with Crippen LogP contribution in [0.25, 0.3) is 0 Å². The normalized spacial score (nSPS) is 14.8. The van der Waals surface area contributed by atoms with Crippen LogP contribution in [0.1, 0.15) is 43.5 Å². The van der Waals surface area contributed by atoms with Gasteiger partial charge in [-0.15, -0.1) is 0 Å². The standard InChI is InChI=1S/C16H21BrN2O2S/c1-11(2)21-14-7-6-12(17)10-13(14)15(20)18-16(22)19-8-4-3-5-9-19/h6-7,10-11H,3-5,8-9H2,1-2H3,(H,18,20,22). The van der Waals surface area contributed by atoms with Crippen LogP contribution in [0, 0.1) is 0 Å². The maximum absolute atomic E-state index is 12.5. The Morgan fingerprint density at radius 2 is 2.00 bits per heavy atom. The van der Waals surface area contributed by atoms with Crippen molar-refractivity contribution in [3.05, 3.63) is 28.2 Å². The van der Waals surface area contributed by atoms with E-state index >= 15 is 0 Å². The number of halogens is 1. The number of carbonyl (C=O) groups excluding carboxylic acids is 1. The summed E-state index contributed by atoms with van der Waals surface area (Å²) in [7, 11) is 0. The van der Waals surface area contributed by atoms with Gasteiger partial charge in [-0.2, -0.15) is 0 Å². The maximum atomic E-state index is 12.5. The number of piperidine rings is 1. The first-order chi connectivity index (χ1) is 10.5. The molecule has 0 saturated carbocycles. The largest absolute Gasteiger partial charge is 0.490 e. The second-order valence-electron chi connectivity index (χ2n) is 5.61. The van der Waals surface area contributed by atoms with Gasteiger partial charge in [-0.3, -0.25) is 10.1 Å². The average Bonchev–Trinajstić information content (AvgIpc) is 2.49. The molecule has 0 spiro atoms. The lowest BCUT2D eigenvalue weighted by atomic mass is 10.1. The Balaban J connectivity index is 2.10. The molecular formula is C16H21BrN2O2S. The van der Waals surface area contributed by atoms with Gasteiger partial charge in [-0.1, -0.05) is 15.9 Å². The van der Waals surface area contributed by atoms with Crippen LogP contribution in [0.2, 0.25) is 0 Å². The Morgan fingerprint density at radius 1 is 1.32 bits per heavy atom. The van der Waals surface area contributed by atoms with Crippen molar-refractivity contribution in [2.75, 3.05) is 13.1 Å². The van der Waals surface area contributed by atoms with Crippen molar-refractivity contribution in [1.29, 1.82) is 0 Å². The Hall–Kier alpha value is -1.14. The Bertz CT molecular complexity index is 557. The maximum Gasteiger partial charge on any atom is 0.261 e. The third kappa shape index (κ3) is 4.68. The summed E-state index contributed by atoms with van der Waals surface area (Å²) in [5.41, 5.74) is 0.488. The second kappa shape index (κ2) is 7.92. The fourth-order valence-electron chi connectivity index (χ4n) is 2.38. The van der Waals surface area contributed by atoms with Gasteiger partial charge < -0.3 is 9.64 Å². The highest BCUT2D eigenvalue weighted by atomic mass is 79.9. The molecule has 0 radical (unpaired) electrons. The monoisotopic (exact) mass is 384 g/mol. The molecule has 0 aliphatic carbocycles. The third-order valence-electron chi connectivity index (χ3n) is 3.41. The topological polar surface area (TPSA) is 41.6 Å². The minimum absolute atomic E-state index is 0.00164. The third-order valence-corrected chi connectivity index (χ3v) is 4.27.